The summed E-state index contributed by atoms with van der Waals surface area (Å²) in [5.74, 6) is -0.0500. The Morgan fingerprint density at radius 3 is 2.45 bits per heavy atom. The molecule has 1 saturated heterocycles. The van der Waals surface area contributed by atoms with Crippen molar-refractivity contribution in [2.24, 2.45) is 5.73 Å². The average molecular weight is 276 g/mol. The van der Waals surface area contributed by atoms with Crippen LogP contribution in [0.3, 0.4) is 0 Å². The Balaban J connectivity index is 1.78. The van der Waals surface area contributed by atoms with Crippen molar-refractivity contribution in [2.45, 2.75) is 38.1 Å². The number of hydrogen-bond donors (Lipinski definition) is 2. The Labute approximate surface area is 120 Å². The molecule has 1 aromatic rings. The second-order valence-electron chi connectivity index (χ2n) is 5.44. The molecule has 3 N–H and O–H groups in total. The number of ether oxygens (including phenoxy) is 1. The van der Waals surface area contributed by atoms with Crippen molar-refractivity contribution in [3.63, 3.8) is 0 Å². The van der Waals surface area contributed by atoms with Gasteiger partial charge < -0.3 is 15.8 Å². The molecule has 4 nitrogen and oxygen atoms in total. The fourth-order valence-electron chi connectivity index (χ4n) is 2.40. The van der Waals surface area contributed by atoms with Crippen LogP contribution in [-0.2, 0) is 22.4 Å². The molecule has 20 heavy (non-hydrogen) atoms. The highest BCUT2D eigenvalue weighted by molar-refractivity contribution is 5.86. The van der Waals surface area contributed by atoms with Gasteiger partial charge in [0.05, 0.1) is 5.54 Å². The molecule has 0 radical (unpaired) electrons. The molecule has 0 spiro atoms. The third-order valence-corrected chi connectivity index (χ3v) is 3.97. The summed E-state index contributed by atoms with van der Waals surface area (Å²) in [5.41, 5.74) is 7.95. The lowest BCUT2D eigenvalue weighted by molar-refractivity contribution is -0.129. The van der Waals surface area contributed by atoms with E-state index in [1.165, 1.54) is 11.1 Å². The van der Waals surface area contributed by atoms with Gasteiger partial charge in [-0.15, -0.1) is 0 Å². The van der Waals surface area contributed by atoms with Crippen LogP contribution in [0.2, 0.25) is 0 Å². The van der Waals surface area contributed by atoms with Crippen molar-refractivity contribution in [1.82, 2.24) is 5.32 Å². The van der Waals surface area contributed by atoms with Gasteiger partial charge in [-0.1, -0.05) is 31.2 Å². The standard InChI is InChI=1S/C16H24N2O2/c1-2-13-3-5-14(6-4-13)7-10-18-15(19)16(17)8-11-20-12-9-16/h3-6H,2,7-12,17H2,1H3,(H,18,19). The van der Waals surface area contributed by atoms with E-state index in [1.807, 2.05) is 0 Å². The number of nitrogens with one attached hydrogen (secondary N) is 1. The van der Waals surface area contributed by atoms with Gasteiger partial charge in [0.25, 0.3) is 0 Å². The molecule has 1 amide bonds. The van der Waals surface area contributed by atoms with Crippen LogP contribution in [0.4, 0.5) is 0 Å². The molecule has 2 rings (SSSR count). The van der Waals surface area contributed by atoms with Crippen LogP contribution in [-0.4, -0.2) is 31.2 Å². The molecular formula is C16H24N2O2. The summed E-state index contributed by atoms with van der Waals surface area (Å²) in [7, 11) is 0. The first-order valence-electron chi connectivity index (χ1n) is 7.37. The minimum absolute atomic E-state index is 0.0500. The van der Waals surface area contributed by atoms with E-state index in [2.05, 4.69) is 36.5 Å². The third-order valence-electron chi connectivity index (χ3n) is 3.97. The summed E-state index contributed by atoms with van der Waals surface area (Å²) >= 11 is 0. The second kappa shape index (κ2) is 6.86. The molecule has 1 heterocycles. The zero-order valence-electron chi connectivity index (χ0n) is 12.2. The number of benzene rings is 1. The summed E-state index contributed by atoms with van der Waals surface area (Å²) in [4.78, 5) is 12.1. The zero-order chi connectivity index (χ0) is 14.4. The van der Waals surface area contributed by atoms with Gasteiger partial charge in [-0.25, -0.2) is 0 Å². The minimum atomic E-state index is -0.746. The lowest BCUT2D eigenvalue weighted by atomic mass is 9.90. The lowest BCUT2D eigenvalue weighted by Gasteiger charge is -2.31. The first kappa shape index (κ1) is 15.0. The Hall–Kier alpha value is -1.39. The van der Waals surface area contributed by atoms with E-state index in [0.29, 0.717) is 32.6 Å². The Morgan fingerprint density at radius 1 is 1.25 bits per heavy atom. The van der Waals surface area contributed by atoms with E-state index >= 15 is 0 Å². The molecule has 1 aliphatic rings. The third kappa shape index (κ3) is 3.81. The van der Waals surface area contributed by atoms with Gasteiger partial charge in [0.2, 0.25) is 5.91 Å². The molecule has 0 aromatic heterocycles. The van der Waals surface area contributed by atoms with E-state index in [4.69, 9.17) is 10.5 Å². The normalized spacial score (nSPS) is 17.7. The van der Waals surface area contributed by atoms with Crippen LogP contribution in [0.25, 0.3) is 0 Å². The zero-order valence-corrected chi connectivity index (χ0v) is 12.2. The van der Waals surface area contributed by atoms with Gasteiger partial charge in [-0.2, -0.15) is 0 Å². The highest BCUT2D eigenvalue weighted by atomic mass is 16.5. The fraction of sp³-hybridized carbons (Fsp3) is 0.562. The lowest BCUT2D eigenvalue weighted by Crippen LogP contribution is -2.57. The van der Waals surface area contributed by atoms with E-state index < -0.39 is 5.54 Å². The van der Waals surface area contributed by atoms with Gasteiger partial charge in [-0.05, 0) is 36.8 Å². The number of aryl methyl sites for hydroxylation is 1. The van der Waals surface area contributed by atoms with Crippen LogP contribution < -0.4 is 11.1 Å². The molecule has 0 bridgehead atoms. The van der Waals surface area contributed by atoms with E-state index in [0.717, 1.165) is 12.8 Å². The predicted octanol–water partition coefficient (Wildman–Crippen LogP) is 1.42. The molecule has 110 valence electrons. The van der Waals surface area contributed by atoms with E-state index in [1.54, 1.807) is 0 Å². The van der Waals surface area contributed by atoms with Gasteiger partial charge in [0.15, 0.2) is 0 Å². The maximum absolute atomic E-state index is 12.1. The van der Waals surface area contributed by atoms with Gasteiger partial charge >= 0.3 is 0 Å². The second-order valence-corrected chi connectivity index (χ2v) is 5.44. The Kier molecular flexibility index (Phi) is 5.15. The average Bonchev–Trinajstić information content (AvgIpc) is 2.48. The van der Waals surface area contributed by atoms with Crippen LogP contribution in [0.1, 0.15) is 30.9 Å². The quantitative estimate of drug-likeness (QED) is 0.855. The van der Waals surface area contributed by atoms with Gasteiger partial charge in [0, 0.05) is 19.8 Å². The molecule has 0 saturated carbocycles. The molecule has 1 fully saturated rings. The maximum atomic E-state index is 12.1. The van der Waals surface area contributed by atoms with Crippen molar-refractivity contribution < 1.29 is 9.53 Å². The summed E-state index contributed by atoms with van der Waals surface area (Å²) in [6.45, 7) is 3.92. The summed E-state index contributed by atoms with van der Waals surface area (Å²) in [6.07, 6.45) is 3.09. The molecular weight excluding hydrogens is 252 g/mol. The molecule has 0 atom stereocenters. The first-order chi connectivity index (χ1) is 9.64. The molecule has 1 aliphatic heterocycles. The maximum Gasteiger partial charge on any atom is 0.240 e. The smallest absolute Gasteiger partial charge is 0.240 e. The molecule has 0 aliphatic carbocycles. The van der Waals surface area contributed by atoms with E-state index in [-0.39, 0.29) is 5.91 Å². The molecule has 1 aromatic carbocycles. The highest BCUT2D eigenvalue weighted by Crippen LogP contribution is 2.17. The number of carbonyl (C=O) groups excluding carboxylic acids is 1. The van der Waals surface area contributed by atoms with Crippen LogP contribution in [0, 0.1) is 0 Å². The SMILES string of the molecule is CCc1ccc(CCNC(=O)C2(N)CCOCC2)cc1. The number of hydrogen-bond acceptors (Lipinski definition) is 3. The van der Waals surface area contributed by atoms with Gasteiger partial charge in [-0.3, -0.25) is 4.79 Å². The predicted molar refractivity (Wildman–Crippen MR) is 79.5 cm³/mol. The van der Waals surface area contributed by atoms with Crippen molar-refractivity contribution >= 4 is 5.91 Å². The largest absolute Gasteiger partial charge is 0.381 e. The first-order valence-corrected chi connectivity index (χ1v) is 7.37. The monoisotopic (exact) mass is 276 g/mol. The number of amides is 1. The van der Waals surface area contributed by atoms with Crippen molar-refractivity contribution in [2.75, 3.05) is 19.8 Å². The summed E-state index contributed by atoms with van der Waals surface area (Å²) in [5, 5.41) is 2.95. The number of rotatable bonds is 5. The van der Waals surface area contributed by atoms with Gasteiger partial charge in [0.1, 0.15) is 0 Å². The van der Waals surface area contributed by atoms with Crippen LogP contribution in [0.15, 0.2) is 24.3 Å². The van der Waals surface area contributed by atoms with Crippen LogP contribution in [0.5, 0.6) is 0 Å². The minimum Gasteiger partial charge on any atom is -0.381 e. The van der Waals surface area contributed by atoms with Crippen molar-refractivity contribution in [3.05, 3.63) is 35.4 Å². The molecule has 4 heteroatoms. The molecule has 0 unspecified atom stereocenters. The number of carbonyl (C=O) groups is 1. The van der Waals surface area contributed by atoms with Crippen LogP contribution >= 0.6 is 0 Å². The Morgan fingerprint density at radius 2 is 1.85 bits per heavy atom. The number of nitrogens with two attached hydrogens (primary N) is 1. The van der Waals surface area contributed by atoms with Crippen molar-refractivity contribution in [1.29, 1.82) is 0 Å². The highest BCUT2D eigenvalue weighted by Gasteiger charge is 2.35. The van der Waals surface area contributed by atoms with E-state index in [9.17, 15) is 4.79 Å². The Bertz CT molecular complexity index is 436. The fourth-order valence-corrected chi connectivity index (χ4v) is 2.40. The van der Waals surface area contributed by atoms with Crippen molar-refractivity contribution in [3.8, 4) is 0 Å². The summed E-state index contributed by atoms with van der Waals surface area (Å²) in [6, 6.07) is 8.52. The topological polar surface area (TPSA) is 64.4 Å². The summed E-state index contributed by atoms with van der Waals surface area (Å²) < 4.78 is 5.25.